The lowest BCUT2D eigenvalue weighted by Gasteiger charge is -2.25. The Morgan fingerprint density at radius 1 is 1.17 bits per heavy atom. The van der Waals surface area contributed by atoms with E-state index in [1.165, 1.54) is 17.3 Å². The summed E-state index contributed by atoms with van der Waals surface area (Å²) >= 11 is 0. The molecule has 8 heteroatoms. The number of rotatable bonds is 4. The number of ether oxygens (including phenoxy) is 2. The normalized spacial score (nSPS) is 14.4. The Morgan fingerprint density at radius 2 is 1.91 bits per heavy atom. The standard InChI is InChI=1S/C15H14N4O4/c1-22-11-3-2-4-12(7-11)23-14-16-8-10(9-17-14)19-6-5-13(20)18-15(19)21/h2-4,7-9H,5-6H2,1H3,(H,18,20,21). The van der Waals surface area contributed by atoms with Crippen molar-refractivity contribution in [1.82, 2.24) is 15.3 Å². The van der Waals surface area contributed by atoms with Gasteiger partial charge in [-0.15, -0.1) is 0 Å². The molecule has 1 N–H and O–H groups in total. The predicted octanol–water partition coefficient (Wildman–Crippen LogP) is 1.72. The molecule has 1 fully saturated rings. The van der Waals surface area contributed by atoms with Crippen molar-refractivity contribution < 1.29 is 19.1 Å². The zero-order chi connectivity index (χ0) is 16.2. The summed E-state index contributed by atoms with van der Waals surface area (Å²) in [6.45, 7) is 0.296. The fourth-order valence-electron chi connectivity index (χ4n) is 2.08. The summed E-state index contributed by atoms with van der Waals surface area (Å²) in [7, 11) is 1.57. The smallest absolute Gasteiger partial charge is 0.328 e. The molecule has 1 saturated heterocycles. The molecule has 118 valence electrons. The van der Waals surface area contributed by atoms with E-state index in [4.69, 9.17) is 9.47 Å². The second kappa shape index (κ2) is 6.30. The topological polar surface area (TPSA) is 93.7 Å². The SMILES string of the molecule is COc1cccc(Oc2ncc(N3CCC(=O)NC3=O)cn2)c1. The van der Waals surface area contributed by atoms with Gasteiger partial charge in [-0.1, -0.05) is 6.07 Å². The van der Waals surface area contributed by atoms with Crippen LogP contribution in [-0.4, -0.2) is 35.6 Å². The van der Waals surface area contributed by atoms with Crippen molar-refractivity contribution in [1.29, 1.82) is 0 Å². The molecule has 2 aromatic rings. The molecule has 0 spiro atoms. The molecule has 0 aliphatic carbocycles. The van der Waals surface area contributed by atoms with Gasteiger partial charge >= 0.3 is 12.0 Å². The fraction of sp³-hybridized carbons (Fsp3) is 0.200. The van der Waals surface area contributed by atoms with E-state index >= 15 is 0 Å². The first-order chi connectivity index (χ1) is 11.2. The van der Waals surface area contributed by atoms with Crippen LogP contribution >= 0.6 is 0 Å². The number of carbonyl (C=O) groups is 2. The van der Waals surface area contributed by atoms with Crippen molar-refractivity contribution in [2.45, 2.75) is 6.42 Å². The number of amides is 3. The van der Waals surface area contributed by atoms with Crippen LogP contribution in [0.3, 0.4) is 0 Å². The number of imide groups is 1. The molecule has 2 heterocycles. The molecular weight excluding hydrogens is 300 g/mol. The molecule has 0 atom stereocenters. The second-order valence-corrected chi connectivity index (χ2v) is 4.76. The molecule has 0 saturated carbocycles. The van der Waals surface area contributed by atoms with Gasteiger partial charge in [0, 0.05) is 19.0 Å². The van der Waals surface area contributed by atoms with E-state index in [9.17, 15) is 9.59 Å². The van der Waals surface area contributed by atoms with Gasteiger partial charge in [0.05, 0.1) is 25.2 Å². The monoisotopic (exact) mass is 314 g/mol. The van der Waals surface area contributed by atoms with Gasteiger partial charge in [-0.2, -0.15) is 0 Å². The first-order valence-corrected chi connectivity index (χ1v) is 6.91. The van der Waals surface area contributed by atoms with E-state index in [0.717, 1.165) is 0 Å². The number of nitrogens with one attached hydrogen (secondary N) is 1. The van der Waals surface area contributed by atoms with Crippen LogP contribution in [0.4, 0.5) is 10.5 Å². The number of aromatic nitrogens is 2. The zero-order valence-corrected chi connectivity index (χ0v) is 12.4. The van der Waals surface area contributed by atoms with Crippen LogP contribution in [0.25, 0.3) is 0 Å². The minimum atomic E-state index is -0.480. The lowest BCUT2D eigenvalue weighted by molar-refractivity contribution is -0.120. The Balaban J connectivity index is 1.72. The highest BCUT2D eigenvalue weighted by atomic mass is 16.5. The fourth-order valence-corrected chi connectivity index (χ4v) is 2.08. The van der Waals surface area contributed by atoms with Crippen LogP contribution in [0.1, 0.15) is 6.42 Å². The minimum absolute atomic E-state index is 0.149. The zero-order valence-electron chi connectivity index (χ0n) is 12.4. The number of nitrogens with zero attached hydrogens (tertiary/aromatic N) is 3. The van der Waals surface area contributed by atoms with Gasteiger partial charge in [0.1, 0.15) is 11.5 Å². The summed E-state index contributed by atoms with van der Waals surface area (Å²) < 4.78 is 10.6. The van der Waals surface area contributed by atoms with E-state index < -0.39 is 6.03 Å². The highest BCUT2D eigenvalue weighted by Crippen LogP contribution is 2.23. The van der Waals surface area contributed by atoms with Gasteiger partial charge < -0.3 is 9.47 Å². The van der Waals surface area contributed by atoms with E-state index in [-0.39, 0.29) is 18.3 Å². The van der Waals surface area contributed by atoms with Crippen LogP contribution in [0.5, 0.6) is 17.5 Å². The average Bonchev–Trinajstić information content (AvgIpc) is 2.56. The van der Waals surface area contributed by atoms with Gasteiger partial charge in [0.15, 0.2) is 0 Å². The van der Waals surface area contributed by atoms with Gasteiger partial charge in [-0.3, -0.25) is 15.0 Å². The maximum absolute atomic E-state index is 11.7. The molecule has 0 bridgehead atoms. The van der Waals surface area contributed by atoms with Gasteiger partial charge in [-0.05, 0) is 12.1 Å². The number of benzene rings is 1. The first-order valence-electron chi connectivity index (χ1n) is 6.91. The van der Waals surface area contributed by atoms with Crippen molar-refractivity contribution in [3.63, 3.8) is 0 Å². The Bertz CT molecular complexity index is 733. The quantitative estimate of drug-likeness (QED) is 0.923. The molecule has 3 amide bonds. The van der Waals surface area contributed by atoms with Crippen LogP contribution < -0.4 is 19.7 Å². The molecule has 0 unspecified atom stereocenters. The Morgan fingerprint density at radius 3 is 2.61 bits per heavy atom. The molecule has 1 aromatic carbocycles. The van der Waals surface area contributed by atoms with Crippen molar-refractivity contribution >= 4 is 17.6 Å². The summed E-state index contributed by atoms with van der Waals surface area (Å²) in [5.41, 5.74) is 0.494. The Hall–Kier alpha value is -3.16. The summed E-state index contributed by atoms with van der Waals surface area (Å²) in [5, 5.41) is 2.24. The maximum atomic E-state index is 11.7. The van der Waals surface area contributed by atoms with Crippen LogP contribution in [0.15, 0.2) is 36.7 Å². The molecule has 8 nitrogen and oxygen atoms in total. The number of anilines is 1. The van der Waals surface area contributed by atoms with Crippen LogP contribution in [0.2, 0.25) is 0 Å². The van der Waals surface area contributed by atoms with Crippen molar-refractivity contribution in [3.8, 4) is 17.5 Å². The van der Waals surface area contributed by atoms with Gasteiger partial charge in [0.2, 0.25) is 5.91 Å². The molecular formula is C15H14N4O4. The van der Waals surface area contributed by atoms with Crippen molar-refractivity contribution in [3.05, 3.63) is 36.7 Å². The van der Waals surface area contributed by atoms with E-state index in [2.05, 4.69) is 15.3 Å². The van der Waals surface area contributed by atoms with Gasteiger partial charge in [0.25, 0.3) is 0 Å². The van der Waals surface area contributed by atoms with E-state index in [1.807, 2.05) is 0 Å². The summed E-state index contributed by atoms with van der Waals surface area (Å²) in [5.74, 6) is 0.914. The number of carbonyl (C=O) groups excluding carboxylic acids is 2. The van der Waals surface area contributed by atoms with Crippen molar-refractivity contribution in [2.75, 3.05) is 18.6 Å². The molecule has 1 aromatic heterocycles. The van der Waals surface area contributed by atoms with Crippen LogP contribution in [-0.2, 0) is 4.79 Å². The molecule has 1 aliphatic heterocycles. The Labute approximate surface area is 132 Å². The maximum Gasteiger partial charge on any atom is 0.328 e. The highest BCUT2D eigenvalue weighted by Gasteiger charge is 2.24. The minimum Gasteiger partial charge on any atom is -0.497 e. The number of hydrogen-bond donors (Lipinski definition) is 1. The summed E-state index contributed by atoms with van der Waals surface area (Å²) in [6, 6.07) is 6.72. The highest BCUT2D eigenvalue weighted by molar-refractivity contribution is 6.05. The third kappa shape index (κ3) is 3.37. The molecule has 0 radical (unpaired) electrons. The number of urea groups is 1. The van der Waals surface area contributed by atoms with Crippen molar-refractivity contribution in [2.24, 2.45) is 0 Å². The van der Waals surface area contributed by atoms with Gasteiger partial charge in [-0.25, -0.2) is 14.8 Å². The molecule has 1 aliphatic rings. The lowest BCUT2D eigenvalue weighted by atomic mass is 10.3. The predicted molar refractivity (Wildman–Crippen MR) is 80.6 cm³/mol. The van der Waals surface area contributed by atoms with Crippen LogP contribution in [0, 0.1) is 0 Å². The summed E-state index contributed by atoms with van der Waals surface area (Å²) in [6.07, 6.45) is 3.18. The third-order valence-electron chi connectivity index (χ3n) is 3.23. The van der Waals surface area contributed by atoms with E-state index in [1.54, 1.807) is 31.4 Å². The Kier molecular flexibility index (Phi) is 4.05. The van der Waals surface area contributed by atoms with E-state index in [0.29, 0.717) is 23.7 Å². The first kappa shape index (κ1) is 14.8. The largest absolute Gasteiger partial charge is 0.497 e. The number of methoxy groups -OCH3 is 1. The lowest BCUT2D eigenvalue weighted by Crippen LogP contribution is -2.49. The third-order valence-corrected chi connectivity index (χ3v) is 3.23. The number of hydrogen-bond acceptors (Lipinski definition) is 6. The molecule has 3 rings (SSSR count). The summed E-state index contributed by atoms with van der Waals surface area (Å²) in [4.78, 5) is 32.4. The second-order valence-electron chi connectivity index (χ2n) is 4.76. The average molecular weight is 314 g/mol. The molecule has 23 heavy (non-hydrogen) atoms.